The lowest BCUT2D eigenvalue weighted by molar-refractivity contribution is 0.584. The van der Waals surface area contributed by atoms with Crippen molar-refractivity contribution < 1.29 is 8.42 Å². The number of rotatable bonds is 5. The highest BCUT2D eigenvalue weighted by Gasteiger charge is 2.12. The van der Waals surface area contributed by atoms with Gasteiger partial charge in [0.25, 0.3) is 10.0 Å². The molecule has 3 aromatic rings. The first kappa shape index (κ1) is 15.9. The third-order valence-corrected chi connectivity index (χ3v) is 4.59. The van der Waals surface area contributed by atoms with Crippen molar-refractivity contribution in [2.75, 3.05) is 0 Å². The molecule has 0 spiro atoms. The summed E-state index contributed by atoms with van der Waals surface area (Å²) >= 11 is 0. The lowest BCUT2D eigenvalue weighted by Crippen LogP contribution is -2.19. The molecule has 2 aromatic carbocycles. The van der Waals surface area contributed by atoms with E-state index in [0.29, 0.717) is 5.71 Å². The van der Waals surface area contributed by atoms with Gasteiger partial charge in [0.15, 0.2) is 0 Å². The molecule has 0 radical (unpaired) electrons. The normalized spacial score (nSPS) is 12.1. The average Bonchev–Trinajstić information content (AvgIpc) is 3.15. The van der Waals surface area contributed by atoms with Gasteiger partial charge in [-0.15, -0.1) is 10.2 Å². The van der Waals surface area contributed by atoms with Crippen molar-refractivity contribution in [2.45, 2.75) is 11.8 Å². The van der Waals surface area contributed by atoms with Crippen LogP contribution in [0.25, 0.3) is 5.69 Å². The van der Waals surface area contributed by atoms with Crippen LogP contribution in [-0.4, -0.2) is 28.9 Å². The minimum atomic E-state index is -3.68. The fourth-order valence-electron chi connectivity index (χ4n) is 2.07. The molecule has 0 amide bonds. The Bertz CT molecular complexity index is 951. The minimum absolute atomic E-state index is 0.166. The third kappa shape index (κ3) is 3.49. The molecule has 0 aliphatic carbocycles. The highest BCUT2D eigenvalue weighted by atomic mass is 32.2. The van der Waals surface area contributed by atoms with Gasteiger partial charge in [0.1, 0.15) is 12.7 Å². The second-order valence-corrected chi connectivity index (χ2v) is 6.69. The zero-order valence-electron chi connectivity index (χ0n) is 12.9. The van der Waals surface area contributed by atoms with Crippen LogP contribution in [0.1, 0.15) is 12.5 Å². The van der Waals surface area contributed by atoms with E-state index in [1.54, 1.807) is 42.3 Å². The van der Waals surface area contributed by atoms with E-state index < -0.39 is 10.0 Å². The molecular weight excluding hydrogens is 326 g/mol. The number of nitrogens with one attached hydrogen (secondary N) is 1. The molecule has 8 heteroatoms. The van der Waals surface area contributed by atoms with Crippen molar-refractivity contribution in [2.24, 2.45) is 5.10 Å². The summed E-state index contributed by atoms with van der Waals surface area (Å²) in [6.07, 6.45) is 3.17. The maximum Gasteiger partial charge on any atom is 0.276 e. The van der Waals surface area contributed by atoms with Gasteiger partial charge in [0.05, 0.1) is 10.6 Å². The van der Waals surface area contributed by atoms with E-state index in [2.05, 4.69) is 20.1 Å². The first-order valence-corrected chi connectivity index (χ1v) is 8.61. The molecule has 0 aliphatic heterocycles. The van der Waals surface area contributed by atoms with Gasteiger partial charge >= 0.3 is 0 Å². The summed E-state index contributed by atoms with van der Waals surface area (Å²) in [7, 11) is -3.68. The number of nitrogens with zero attached hydrogens (tertiary/aromatic N) is 4. The fraction of sp³-hybridized carbons (Fsp3) is 0.0625. The second kappa shape index (κ2) is 6.63. The summed E-state index contributed by atoms with van der Waals surface area (Å²) in [5.74, 6) is 0. The zero-order chi connectivity index (χ0) is 17.0. The molecule has 0 aliphatic rings. The van der Waals surface area contributed by atoms with Crippen LogP contribution in [-0.2, 0) is 10.0 Å². The number of benzene rings is 2. The molecule has 3 rings (SSSR count). The lowest BCUT2D eigenvalue weighted by Gasteiger charge is -2.07. The maximum absolute atomic E-state index is 12.2. The Labute approximate surface area is 139 Å². The summed E-state index contributed by atoms with van der Waals surface area (Å²) in [5.41, 5.74) is 2.19. The highest BCUT2D eigenvalue weighted by Crippen LogP contribution is 2.11. The van der Waals surface area contributed by atoms with Gasteiger partial charge in [-0.05, 0) is 36.8 Å². The van der Waals surface area contributed by atoms with Crippen LogP contribution >= 0.6 is 0 Å². The minimum Gasteiger partial charge on any atom is -0.288 e. The van der Waals surface area contributed by atoms with Gasteiger partial charge in [-0.3, -0.25) is 4.57 Å². The van der Waals surface area contributed by atoms with Gasteiger partial charge in [0.2, 0.25) is 0 Å². The summed E-state index contributed by atoms with van der Waals surface area (Å²) < 4.78 is 26.1. The number of hydrazone groups is 1. The molecular formula is C16H15N5O2S. The van der Waals surface area contributed by atoms with E-state index in [0.717, 1.165) is 11.3 Å². The van der Waals surface area contributed by atoms with Gasteiger partial charge < -0.3 is 0 Å². The molecule has 122 valence electrons. The predicted octanol–water partition coefficient (Wildman–Crippen LogP) is 1.97. The SMILES string of the molecule is C/C(=N\NS(=O)(=O)c1ccccc1)c1cccc(-n2cnnc2)c1. The van der Waals surface area contributed by atoms with E-state index >= 15 is 0 Å². The van der Waals surface area contributed by atoms with Gasteiger partial charge in [-0.25, -0.2) is 0 Å². The highest BCUT2D eigenvalue weighted by molar-refractivity contribution is 7.89. The largest absolute Gasteiger partial charge is 0.288 e. The Balaban J connectivity index is 1.83. The molecule has 0 unspecified atom stereocenters. The van der Waals surface area contributed by atoms with E-state index in [4.69, 9.17) is 0 Å². The van der Waals surface area contributed by atoms with Crippen molar-refractivity contribution in [3.05, 3.63) is 72.8 Å². The Hall–Kier alpha value is -3.00. The van der Waals surface area contributed by atoms with E-state index in [-0.39, 0.29) is 4.90 Å². The van der Waals surface area contributed by atoms with Gasteiger partial charge in [-0.1, -0.05) is 30.3 Å². The summed E-state index contributed by atoms with van der Waals surface area (Å²) in [4.78, 5) is 2.42. The quantitative estimate of drug-likeness (QED) is 0.567. The van der Waals surface area contributed by atoms with E-state index in [9.17, 15) is 8.42 Å². The molecule has 0 fully saturated rings. The van der Waals surface area contributed by atoms with Crippen LogP contribution in [0.15, 0.2) is 77.2 Å². The molecule has 0 saturated heterocycles. The summed E-state index contributed by atoms with van der Waals surface area (Å²) in [6, 6.07) is 15.6. The average molecular weight is 341 g/mol. The zero-order valence-corrected chi connectivity index (χ0v) is 13.7. The first-order valence-electron chi connectivity index (χ1n) is 7.13. The van der Waals surface area contributed by atoms with Gasteiger partial charge in [-0.2, -0.15) is 18.4 Å². The van der Waals surface area contributed by atoms with Crippen molar-refractivity contribution in [1.82, 2.24) is 19.6 Å². The molecule has 7 nitrogen and oxygen atoms in total. The monoisotopic (exact) mass is 341 g/mol. The molecule has 0 bridgehead atoms. The van der Waals surface area contributed by atoms with Crippen LogP contribution in [0, 0.1) is 0 Å². The van der Waals surface area contributed by atoms with Crippen molar-refractivity contribution in [3.8, 4) is 5.69 Å². The fourth-order valence-corrected chi connectivity index (χ4v) is 2.95. The van der Waals surface area contributed by atoms with Crippen LogP contribution in [0.2, 0.25) is 0 Å². The molecule has 1 heterocycles. The topological polar surface area (TPSA) is 89.2 Å². The molecule has 1 N–H and O–H groups in total. The lowest BCUT2D eigenvalue weighted by atomic mass is 10.1. The molecule has 24 heavy (non-hydrogen) atoms. The maximum atomic E-state index is 12.2. The Morgan fingerprint density at radius 3 is 2.46 bits per heavy atom. The Morgan fingerprint density at radius 1 is 1.04 bits per heavy atom. The van der Waals surface area contributed by atoms with Crippen LogP contribution in [0.3, 0.4) is 0 Å². The summed E-state index contributed by atoms with van der Waals surface area (Å²) in [6.45, 7) is 1.73. The van der Waals surface area contributed by atoms with Crippen LogP contribution in [0.4, 0.5) is 0 Å². The predicted molar refractivity (Wildman–Crippen MR) is 90.3 cm³/mol. The number of sulfonamides is 1. The second-order valence-electron chi connectivity index (χ2n) is 5.02. The number of hydrogen-bond donors (Lipinski definition) is 1. The Kier molecular flexibility index (Phi) is 4.39. The molecule has 1 aromatic heterocycles. The van der Waals surface area contributed by atoms with Crippen molar-refractivity contribution >= 4 is 15.7 Å². The first-order chi connectivity index (χ1) is 11.6. The van der Waals surface area contributed by atoms with Gasteiger partial charge in [0, 0.05) is 5.69 Å². The standard InChI is InChI=1S/C16H15N5O2S/c1-13(19-20-24(22,23)16-8-3-2-4-9-16)14-6-5-7-15(10-14)21-11-17-18-12-21/h2-12,20H,1H3/b19-13+. The van der Waals surface area contributed by atoms with Crippen LogP contribution < -0.4 is 4.83 Å². The van der Waals surface area contributed by atoms with Crippen molar-refractivity contribution in [1.29, 1.82) is 0 Å². The Morgan fingerprint density at radius 2 is 1.75 bits per heavy atom. The van der Waals surface area contributed by atoms with Crippen LogP contribution in [0.5, 0.6) is 0 Å². The smallest absolute Gasteiger partial charge is 0.276 e. The summed E-state index contributed by atoms with van der Waals surface area (Å²) in [5, 5.41) is 11.5. The molecule has 0 atom stereocenters. The molecule has 0 saturated carbocycles. The van der Waals surface area contributed by atoms with Crippen molar-refractivity contribution in [3.63, 3.8) is 0 Å². The van der Waals surface area contributed by atoms with E-state index in [1.807, 2.05) is 24.3 Å². The number of hydrogen-bond acceptors (Lipinski definition) is 5. The third-order valence-electron chi connectivity index (χ3n) is 3.37. The van der Waals surface area contributed by atoms with E-state index in [1.165, 1.54) is 12.1 Å². The number of aromatic nitrogens is 3.